The maximum atomic E-state index is 12.8. The van der Waals surface area contributed by atoms with E-state index < -0.39 is 40.5 Å². The van der Waals surface area contributed by atoms with E-state index in [1.165, 1.54) is 6.07 Å². The van der Waals surface area contributed by atoms with Gasteiger partial charge in [0.25, 0.3) is 5.69 Å². The maximum absolute atomic E-state index is 12.8. The molecule has 4 aromatic rings. The van der Waals surface area contributed by atoms with Crippen LogP contribution in [0.3, 0.4) is 0 Å². The molecular formula is C23H15F3N2O6. The molecule has 0 unspecified atom stereocenters. The number of fused-ring (bicyclic) bond motifs is 3. The Kier molecular flexibility index (Phi) is 5.93. The number of carbonyl (C=O) groups is 1. The molecule has 0 saturated carbocycles. The topological polar surface area (TPSA) is 112 Å². The van der Waals surface area contributed by atoms with Crippen molar-refractivity contribution in [3.63, 3.8) is 0 Å². The number of nitrogens with zero attached hydrogens (tertiary/aromatic N) is 1. The second kappa shape index (κ2) is 8.85. The number of halogens is 3. The first-order chi connectivity index (χ1) is 16.1. The van der Waals surface area contributed by atoms with Crippen LogP contribution < -0.4 is 10.9 Å². The van der Waals surface area contributed by atoms with Crippen LogP contribution in [0.2, 0.25) is 0 Å². The summed E-state index contributed by atoms with van der Waals surface area (Å²) in [4.78, 5) is 34.4. The first-order valence-corrected chi connectivity index (χ1v) is 9.83. The van der Waals surface area contributed by atoms with Crippen molar-refractivity contribution >= 4 is 39.1 Å². The minimum absolute atomic E-state index is 0.272. The van der Waals surface area contributed by atoms with Crippen LogP contribution in [0, 0.1) is 10.1 Å². The van der Waals surface area contributed by atoms with Gasteiger partial charge in [0.05, 0.1) is 10.5 Å². The Bertz CT molecular complexity index is 1480. The Morgan fingerprint density at radius 2 is 1.85 bits per heavy atom. The van der Waals surface area contributed by atoms with Crippen molar-refractivity contribution < 1.29 is 32.0 Å². The van der Waals surface area contributed by atoms with Crippen molar-refractivity contribution in [2.45, 2.75) is 12.8 Å². The molecule has 0 saturated heterocycles. The molecule has 0 atom stereocenters. The molecule has 174 valence electrons. The Labute approximate surface area is 188 Å². The van der Waals surface area contributed by atoms with E-state index in [2.05, 4.69) is 5.32 Å². The van der Waals surface area contributed by atoms with Gasteiger partial charge in [0.1, 0.15) is 24.4 Å². The van der Waals surface area contributed by atoms with Gasteiger partial charge < -0.3 is 14.5 Å². The summed E-state index contributed by atoms with van der Waals surface area (Å²) in [6.07, 6.45) is -4.75. The van der Waals surface area contributed by atoms with E-state index in [0.717, 1.165) is 16.8 Å². The molecule has 0 aliphatic heterocycles. The normalized spacial score (nSPS) is 11.5. The lowest BCUT2D eigenvalue weighted by atomic mass is 10.0. The predicted molar refractivity (Wildman–Crippen MR) is 116 cm³/mol. The second-order valence-corrected chi connectivity index (χ2v) is 7.25. The summed E-state index contributed by atoms with van der Waals surface area (Å²) in [5.74, 6) is -0.837. The monoisotopic (exact) mass is 472 g/mol. The predicted octanol–water partition coefficient (Wildman–Crippen LogP) is 5.03. The molecule has 0 spiro atoms. The number of nitro benzene ring substituents is 1. The molecule has 0 bridgehead atoms. The van der Waals surface area contributed by atoms with Crippen molar-refractivity contribution in [3.05, 3.63) is 92.3 Å². The van der Waals surface area contributed by atoms with Gasteiger partial charge in [-0.1, -0.05) is 30.3 Å². The van der Waals surface area contributed by atoms with Crippen LogP contribution >= 0.6 is 0 Å². The quantitative estimate of drug-likeness (QED) is 0.138. The molecule has 8 nitrogen and oxygen atoms in total. The summed E-state index contributed by atoms with van der Waals surface area (Å²) in [7, 11) is 0. The molecule has 11 heteroatoms. The molecule has 3 aromatic carbocycles. The average molecular weight is 472 g/mol. The summed E-state index contributed by atoms with van der Waals surface area (Å²) in [6, 6.07) is 13.9. The van der Waals surface area contributed by atoms with E-state index in [9.17, 15) is 32.9 Å². The van der Waals surface area contributed by atoms with Crippen LogP contribution in [0.15, 0.2) is 69.9 Å². The number of anilines is 1. The Morgan fingerprint density at radius 3 is 2.59 bits per heavy atom. The molecular weight excluding hydrogens is 457 g/mol. The smallest absolute Gasteiger partial charge is 0.416 e. The van der Waals surface area contributed by atoms with Gasteiger partial charge in [0.2, 0.25) is 0 Å². The molecule has 0 fully saturated rings. The number of ether oxygens (including phenoxy) is 1. The zero-order chi connectivity index (χ0) is 24.5. The second-order valence-electron chi connectivity index (χ2n) is 7.25. The molecule has 0 amide bonds. The Balaban J connectivity index is 1.52. The first-order valence-electron chi connectivity index (χ1n) is 9.83. The fourth-order valence-corrected chi connectivity index (χ4v) is 3.52. The molecule has 1 aromatic heterocycles. The van der Waals surface area contributed by atoms with Gasteiger partial charge in [0.15, 0.2) is 0 Å². The van der Waals surface area contributed by atoms with E-state index >= 15 is 0 Å². The molecule has 0 aliphatic carbocycles. The first kappa shape index (κ1) is 22.8. The zero-order valence-electron chi connectivity index (χ0n) is 17.2. The highest BCUT2D eigenvalue weighted by molar-refractivity contribution is 6.07. The van der Waals surface area contributed by atoms with Crippen LogP contribution in [0.4, 0.5) is 24.5 Å². The lowest BCUT2D eigenvalue weighted by molar-refractivity contribution is -0.384. The number of hydrogen-bond acceptors (Lipinski definition) is 7. The van der Waals surface area contributed by atoms with Crippen molar-refractivity contribution in [1.82, 2.24) is 0 Å². The summed E-state index contributed by atoms with van der Waals surface area (Å²) in [5.41, 5.74) is -2.21. The van der Waals surface area contributed by atoms with Crippen molar-refractivity contribution in [2.75, 3.05) is 11.9 Å². The molecule has 0 aliphatic rings. The highest BCUT2D eigenvalue weighted by Gasteiger charge is 2.33. The number of hydrogen-bond donors (Lipinski definition) is 1. The van der Waals surface area contributed by atoms with Gasteiger partial charge in [-0.05, 0) is 29.0 Å². The highest BCUT2D eigenvalue weighted by Crippen LogP contribution is 2.35. The van der Waals surface area contributed by atoms with Gasteiger partial charge in [-0.3, -0.25) is 14.9 Å². The minimum atomic E-state index is -4.75. The number of rotatable bonds is 6. The highest BCUT2D eigenvalue weighted by atomic mass is 19.4. The van der Waals surface area contributed by atoms with E-state index in [0.29, 0.717) is 28.7 Å². The van der Waals surface area contributed by atoms with Gasteiger partial charge in [-0.25, -0.2) is 4.79 Å². The van der Waals surface area contributed by atoms with Crippen LogP contribution in [0.1, 0.15) is 11.1 Å². The van der Waals surface area contributed by atoms with Crippen molar-refractivity contribution in [3.8, 4) is 0 Å². The third-order valence-electron chi connectivity index (χ3n) is 5.05. The Hall–Kier alpha value is -4.41. The minimum Gasteiger partial charge on any atom is -0.459 e. The maximum Gasteiger partial charge on any atom is 0.416 e. The van der Waals surface area contributed by atoms with Crippen LogP contribution in [0.25, 0.3) is 21.7 Å². The van der Waals surface area contributed by atoms with E-state index in [-0.39, 0.29) is 12.3 Å². The molecule has 1 N–H and O–H groups in total. The number of nitro groups is 1. The fraction of sp³-hybridized carbons (Fsp3) is 0.130. The molecule has 4 rings (SSSR count). The average Bonchev–Trinajstić information content (AvgIpc) is 2.79. The summed E-state index contributed by atoms with van der Waals surface area (Å²) in [5, 5.41) is 15.8. The molecule has 1 heterocycles. The van der Waals surface area contributed by atoms with Gasteiger partial charge in [-0.2, -0.15) is 13.2 Å². The van der Waals surface area contributed by atoms with Crippen molar-refractivity contribution in [1.29, 1.82) is 0 Å². The third kappa shape index (κ3) is 4.68. The van der Waals surface area contributed by atoms with Crippen LogP contribution in [0.5, 0.6) is 0 Å². The largest absolute Gasteiger partial charge is 0.459 e. The molecule has 0 radical (unpaired) electrons. The van der Waals surface area contributed by atoms with E-state index in [1.807, 2.05) is 24.3 Å². The van der Waals surface area contributed by atoms with Gasteiger partial charge >= 0.3 is 17.8 Å². The number of carbonyl (C=O) groups excluding carboxylic acids is 1. The fourth-order valence-electron chi connectivity index (χ4n) is 3.52. The van der Waals surface area contributed by atoms with E-state index in [1.54, 1.807) is 12.1 Å². The Morgan fingerprint density at radius 1 is 1.09 bits per heavy atom. The van der Waals surface area contributed by atoms with Crippen molar-refractivity contribution in [2.24, 2.45) is 0 Å². The van der Waals surface area contributed by atoms with E-state index in [4.69, 9.17) is 9.15 Å². The lowest BCUT2D eigenvalue weighted by Gasteiger charge is -2.11. The number of nitrogens with one attached hydrogen (secondary N) is 1. The number of esters is 1. The third-order valence-corrected chi connectivity index (χ3v) is 5.05. The van der Waals surface area contributed by atoms with Crippen LogP contribution in [-0.4, -0.2) is 17.4 Å². The molecule has 34 heavy (non-hydrogen) atoms. The summed E-state index contributed by atoms with van der Waals surface area (Å²) in [6.45, 7) is -0.835. The summed E-state index contributed by atoms with van der Waals surface area (Å²) >= 11 is 0. The van der Waals surface area contributed by atoms with Gasteiger partial charge in [-0.15, -0.1) is 0 Å². The van der Waals surface area contributed by atoms with Gasteiger partial charge in [0, 0.05) is 23.1 Å². The number of alkyl halides is 3. The number of benzene rings is 3. The summed E-state index contributed by atoms with van der Waals surface area (Å²) < 4.78 is 48.9. The SMILES string of the molecule is O=C(CNc1ccc(C(F)(F)F)cc1[N+](=O)[O-])OCc1cc(=O)oc2ccc3ccccc3c12. The van der Waals surface area contributed by atoms with Crippen LogP contribution in [-0.2, 0) is 22.3 Å². The zero-order valence-corrected chi connectivity index (χ0v) is 17.2. The standard InChI is InChI=1S/C23H15F3N2O6/c24-23(25,26)15-6-7-17(18(10-15)28(31)32)27-11-21(30)33-12-14-9-20(29)34-19-8-5-13-3-1-2-4-16(13)22(14)19/h1-10,27H,11-12H2. The lowest BCUT2D eigenvalue weighted by Crippen LogP contribution is -2.18.